The molecule has 3 aromatic rings. The summed E-state index contributed by atoms with van der Waals surface area (Å²) in [5.74, 6) is -0.314. The molecule has 0 unspecified atom stereocenters. The van der Waals surface area contributed by atoms with Crippen LogP contribution in [0, 0.1) is 24.1 Å². The van der Waals surface area contributed by atoms with Crippen LogP contribution in [0.3, 0.4) is 0 Å². The van der Waals surface area contributed by atoms with Gasteiger partial charge in [-0.05, 0) is 30.7 Å². The third kappa shape index (κ3) is 2.54. The fourth-order valence-electron chi connectivity index (χ4n) is 2.17. The molecule has 22 heavy (non-hydrogen) atoms. The number of nitrogen functional groups attached to an aromatic ring is 1. The molecule has 2 N–H and O–H groups in total. The molecule has 0 saturated heterocycles. The van der Waals surface area contributed by atoms with Gasteiger partial charge in [0.05, 0.1) is 5.56 Å². The van der Waals surface area contributed by atoms with Gasteiger partial charge in [-0.1, -0.05) is 6.07 Å². The molecule has 108 valence electrons. The van der Waals surface area contributed by atoms with Gasteiger partial charge in [-0.15, -0.1) is 11.3 Å². The number of halogens is 1. The Morgan fingerprint density at radius 2 is 1.91 bits per heavy atom. The molecular formula is C16H11FN4S. The molecule has 0 radical (unpaired) electrons. The lowest BCUT2D eigenvalue weighted by Crippen LogP contribution is -1.93. The van der Waals surface area contributed by atoms with E-state index in [9.17, 15) is 4.39 Å². The predicted molar refractivity (Wildman–Crippen MR) is 84.6 cm³/mol. The first-order chi connectivity index (χ1) is 10.6. The molecule has 0 amide bonds. The quantitative estimate of drug-likeness (QED) is 0.781. The van der Waals surface area contributed by atoms with Crippen molar-refractivity contribution in [3.05, 3.63) is 52.9 Å². The van der Waals surface area contributed by atoms with E-state index in [0.717, 1.165) is 20.9 Å². The van der Waals surface area contributed by atoms with Crippen LogP contribution < -0.4 is 5.73 Å². The first kappa shape index (κ1) is 14.2. The summed E-state index contributed by atoms with van der Waals surface area (Å²) < 4.78 is 13.9. The Kier molecular flexibility index (Phi) is 3.57. The third-order valence-electron chi connectivity index (χ3n) is 3.19. The van der Waals surface area contributed by atoms with E-state index >= 15 is 0 Å². The van der Waals surface area contributed by atoms with E-state index in [2.05, 4.69) is 9.97 Å². The van der Waals surface area contributed by atoms with Gasteiger partial charge >= 0.3 is 0 Å². The lowest BCUT2D eigenvalue weighted by atomic mass is 10.0. The van der Waals surface area contributed by atoms with Crippen molar-refractivity contribution >= 4 is 17.3 Å². The van der Waals surface area contributed by atoms with E-state index in [1.807, 2.05) is 19.1 Å². The predicted octanol–water partition coefficient (Wildman–Crippen LogP) is 3.77. The van der Waals surface area contributed by atoms with Gasteiger partial charge in [-0.3, -0.25) is 0 Å². The highest BCUT2D eigenvalue weighted by Crippen LogP contribution is 2.39. The highest BCUT2D eigenvalue weighted by atomic mass is 32.1. The number of aromatic nitrogens is 2. The maximum atomic E-state index is 13.9. The van der Waals surface area contributed by atoms with E-state index in [4.69, 9.17) is 11.0 Å². The van der Waals surface area contributed by atoms with Crippen LogP contribution in [0.25, 0.3) is 21.6 Å². The number of rotatable bonds is 2. The average molecular weight is 310 g/mol. The van der Waals surface area contributed by atoms with Crippen LogP contribution >= 0.6 is 11.3 Å². The lowest BCUT2D eigenvalue weighted by Gasteiger charge is -2.05. The minimum atomic E-state index is -0.525. The van der Waals surface area contributed by atoms with Crippen molar-refractivity contribution in [2.24, 2.45) is 0 Å². The zero-order valence-corrected chi connectivity index (χ0v) is 12.5. The van der Waals surface area contributed by atoms with E-state index < -0.39 is 5.82 Å². The average Bonchev–Trinajstić information content (AvgIpc) is 2.90. The highest BCUT2D eigenvalue weighted by molar-refractivity contribution is 7.16. The molecule has 2 heterocycles. The van der Waals surface area contributed by atoms with Gasteiger partial charge in [0.2, 0.25) is 5.95 Å². The monoisotopic (exact) mass is 310 g/mol. The summed E-state index contributed by atoms with van der Waals surface area (Å²) >= 11 is 1.58. The number of nitrogens with zero attached hydrogens (tertiary/aromatic N) is 3. The van der Waals surface area contributed by atoms with Gasteiger partial charge in [0.1, 0.15) is 11.9 Å². The molecule has 0 aliphatic heterocycles. The van der Waals surface area contributed by atoms with Gasteiger partial charge < -0.3 is 5.73 Å². The Balaban J connectivity index is 2.14. The van der Waals surface area contributed by atoms with E-state index in [-0.39, 0.29) is 11.5 Å². The van der Waals surface area contributed by atoms with E-state index in [1.165, 1.54) is 12.1 Å². The van der Waals surface area contributed by atoms with Crippen molar-refractivity contribution in [3.8, 4) is 27.6 Å². The topological polar surface area (TPSA) is 75.6 Å². The second kappa shape index (κ2) is 5.54. The molecule has 0 aliphatic carbocycles. The van der Waals surface area contributed by atoms with Gasteiger partial charge in [0, 0.05) is 33.3 Å². The minimum Gasteiger partial charge on any atom is -0.368 e. The molecular weight excluding hydrogens is 299 g/mol. The molecule has 0 atom stereocenters. The maximum absolute atomic E-state index is 13.9. The number of hydrogen-bond donors (Lipinski definition) is 1. The number of anilines is 1. The Labute approximate surface area is 130 Å². The Morgan fingerprint density at radius 1 is 1.18 bits per heavy atom. The van der Waals surface area contributed by atoms with Crippen LogP contribution in [0.5, 0.6) is 0 Å². The van der Waals surface area contributed by atoms with Crippen LogP contribution in [0.2, 0.25) is 0 Å². The number of hydrogen-bond acceptors (Lipinski definition) is 5. The molecule has 0 bridgehead atoms. The molecule has 1 aromatic carbocycles. The van der Waals surface area contributed by atoms with Crippen molar-refractivity contribution < 1.29 is 4.39 Å². The number of aryl methyl sites for hydroxylation is 1. The largest absolute Gasteiger partial charge is 0.368 e. The van der Waals surface area contributed by atoms with Crippen molar-refractivity contribution in [3.63, 3.8) is 0 Å². The second-order valence-electron chi connectivity index (χ2n) is 4.74. The van der Waals surface area contributed by atoms with Crippen molar-refractivity contribution in [2.45, 2.75) is 6.92 Å². The Morgan fingerprint density at radius 3 is 2.55 bits per heavy atom. The summed E-state index contributed by atoms with van der Waals surface area (Å²) in [6.07, 6.45) is 3.30. The number of nitriles is 1. The summed E-state index contributed by atoms with van der Waals surface area (Å²) in [5.41, 5.74) is 7.98. The number of thiophene rings is 1. The molecule has 6 heteroatoms. The Hall–Kier alpha value is -2.78. The first-order valence-corrected chi connectivity index (χ1v) is 7.28. The summed E-state index contributed by atoms with van der Waals surface area (Å²) in [7, 11) is 0. The van der Waals surface area contributed by atoms with Crippen LogP contribution in [-0.4, -0.2) is 9.97 Å². The summed E-state index contributed by atoms with van der Waals surface area (Å²) in [6.45, 7) is 1.98. The fraction of sp³-hybridized carbons (Fsp3) is 0.0625. The van der Waals surface area contributed by atoms with E-state index in [1.54, 1.807) is 29.8 Å². The summed E-state index contributed by atoms with van der Waals surface area (Å²) in [6, 6.07) is 8.41. The minimum absolute atomic E-state index is 0.0352. The van der Waals surface area contributed by atoms with Crippen LogP contribution in [-0.2, 0) is 0 Å². The van der Waals surface area contributed by atoms with Crippen molar-refractivity contribution in [1.29, 1.82) is 5.26 Å². The smallest absolute Gasteiger partial charge is 0.219 e. The number of nitrogens with two attached hydrogens (primary N) is 1. The third-order valence-corrected chi connectivity index (χ3v) is 4.29. The van der Waals surface area contributed by atoms with Crippen LogP contribution in [0.1, 0.15) is 10.4 Å². The van der Waals surface area contributed by atoms with Gasteiger partial charge in [0.15, 0.2) is 0 Å². The second-order valence-corrected chi connectivity index (χ2v) is 5.99. The molecule has 4 nitrogen and oxygen atoms in total. The van der Waals surface area contributed by atoms with Crippen molar-refractivity contribution in [2.75, 3.05) is 5.73 Å². The highest BCUT2D eigenvalue weighted by Gasteiger charge is 2.14. The zero-order valence-electron chi connectivity index (χ0n) is 11.7. The number of benzene rings is 1. The van der Waals surface area contributed by atoms with Crippen molar-refractivity contribution in [1.82, 2.24) is 9.97 Å². The van der Waals surface area contributed by atoms with E-state index in [0.29, 0.717) is 5.56 Å². The fourth-order valence-corrected chi connectivity index (χ4v) is 3.18. The molecule has 3 rings (SSSR count). The SMILES string of the molecule is Cc1cc(-c2ccc(C#N)c(F)c2)c(-c2cnc(N)nc2)s1. The van der Waals surface area contributed by atoms with Gasteiger partial charge in [-0.25, -0.2) is 14.4 Å². The zero-order chi connectivity index (χ0) is 15.7. The van der Waals surface area contributed by atoms with Gasteiger partial charge in [0.25, 0.3) is 0 Å². The van der Waals surface area contributed by atoms with Crippen LogP contribution in [0.15, 0.2) is 36.7 Å². The molecule has 0 fully saturated rings. The van der Waals surface area contributed by atoms with Crippen LogP contribution in [0.4, 0.5) is 10.3 Å². The van der Waals surface area contributed by atoms with Gasteiger partial charge in [-0.2, -0.15) is 5.26 Å². The molecule has 0 saturated carbocycles. The molecule has 0 aliphatic rings. The molecule has 0 spiro atoms. The normalized spacial score (nSPS) is 10.4. The lowest BCUT2D eigenvalue weighted by molar-refractivity contribution is 0.624. The molecule has 2 aromatic heterocycles. The maximum Gasteiger partial charge on any atom is 0.219 e. The Bertz CT molecular complexity index is 878. The summed E-state index contributed by atoms with van der Waals surface area (Å²) in [4.78, 5) is 10.0. The standard InChI is InChI=1S/C16H11FN4S/c1-9-4-13(10-2-3-11(6-18)14(17)5-10)15(22-9)12-7-20-16(19)21-8-12/h2-5,7-8H,1H3,(H2,19,20,21). The first-order valence-electron chi connectivity index (χ1n) is 6.47. The summed E-state index contributed by atoms with van der Waals surface area (Å²) in [5, 5.41) is 8.83.